The third kappa shape index (κ3) is 3.31. The zero-order chi connectivity index (χ0) is 15.8. The van der Waals surface area contributed by atoms with E-state index in [4.69, 9.17) is 5.73 Å². The fourth-order valence-corrected chi connectivity index (χ4v) is 3.01. The van der Waals surface area contributed by atoms with Gasteiger partial charge in [0.15, 0.2) is 0 Å². The van der Waals surface area contributed by atoms with E-state index in [9.17, 15) is 0 Å². The van der Waals surface area contributed by atoms with E-state index in [-0.39, 0.29) is 0 Å². The predicted octanol–water partition coefficient (Wildman–Crippen LogP) is 5.42. The fourth-order valence-electron chi connectivity index (χ4n) is 3.01. The first kappa shape index (κ1) is 16.5. The van der Waals surface area contributed by atoms with E-state index in [0.29, 0.717) is 0 Å². The number of rotatable bonds is 3. The second-order valence-corrected chi connectivity index (χ2v) is 5.45. The van der Waals surface area contributed by atoms with E-state index in [2.05, 4.69) is 60.7 Å². The van der Waals surface area contributed by atoms with Gasteiger partial charge in [-0.25, -0.2) is 0 Å². The van der Waals surface area contributed by atoms with Gasteiger partial charge in [0.2, 0.25) is 0 Å². The van der Waals surface area contributed by atoms with Crippen LogP contribution in [0.2, 0.25) is 0 Å². The highest BCUT2D eigenvalue weighted by Gasteiger charge is 2.34. The van der Waals surface area contributed by atoms with Crippen LogP contribution in [0.4, 0.5) is 0 Å². The monoisotopic (exact) mass is 293 g/mol. The molecule has 0 atom stereocenters. The van der Waals surface area contributed by atoms with Crippen molar-refractivity contribution in [1.82, 2.24) is 0 Å². The molecular formula is C21H27N. The van der Waals surface area contributed by atoms with Gasteiger partial charge in [-0.05, 0) is 42.4 Å². The number of hydrogen-bond donors (Lipinski definition) is 1. The van der Waals surface area contributed by atoms with Crippen molar-refractivity contribution >= 4 is 0 Å². The Morgan fingerprint density at radius 3 is 1.68 bits per heavy atom. The molecule has 1 heteroatoms. The van der Waals surface area contributed by atoms with Crippen LogP contribution in [-0.4, -0.2) is 0 Å². The molecule has 0 amide bonds. The lowest BCUT2D eigenvalue weighted by Crippen LogP contribution is -2.40. The fraction of sp³-hybridized carbons (Fsp3) is 0.333. The van der Waals surface area contributed by atoms with Crippen molar-refractivity contribution in [3.8, 4) is 0 Å². The lowest BCUT2D eigenvalue weighted by atomic mass is 9.74. The maximum atomic E-state index is 6.93. The van der Waals surface area contributed by atoms with Gasteiger partial charge >= 0.3 is 0 Å². The van der Waals surface area contributed by atoms with E-state index in [1.54, 1.807) is 0 Å². The Kier molecular flexibility index (Phi) is 5.97. The predicted molar refractivity (Wildman–Crippen MR) is 96.6 cm³/mol. The summed E-state index contributed by atoms with van der Waals surface area (Å²) in [6.07, 6.45) is 17.8. The Morgan fingerprint density at radius 2 is 1.27 bits per heavy atom. The van der Waals surface area contributed by atoms with Gasteiger partial charge in [-0.1, -0.05) is 80.6 Å². The van der Waals surface area contributed by atoms with Gasteiger partial charge in [0.25, 0.3) is 0 Å². The first-order chi connectivity index (χ1) is 10.8. The molecular weight excluding hydrogens is 266 g/mol. The van der Waals surface area contributed by atoms with E-state index >= 15 is 0 Å². The SMILES string of the molecule is CC.NC(C1=CCCC=C1)(C1=CCCC=C1)c1ccccc1. The molecule has 0 bridgehead atoms. The lowest BCUT2D eigenvalue weighted by Gasteiger charge is -2.35. The third-order valence-electron chi connectivity index (χ3n) is 4.13. The quantitative estimate of drug-likeness (QED) is 0.791. The average molecular weight is 293 g/mol. The Morgan fingerprint density at radius 1 is 0.773 bits per heavy atom. The van der Waals surface area contributed by atoms with E-state index in [0.717, 1.165) is 31.2 Å². The van der Waals surface area contributed by atoms with Crippen LogP contribution in [0.15, 0.2) is 77.9 Å². The highest BCUT2D eigenvalue weighted by molar-refractivity contribution is 5.53. The van der Waals surface area contributed by atoms with Crippen LogP contribution in [0.5, 0.6) is 0 Å². The van der Waals surface area contributed by atoms with Crippen LogP contribution in [0.1, 0.15) is 45.1 Å². The largest absolute Gasteiger partial charge is 0.314 e. The van der Waals surface area contributed by atoms with Crippen LogP contribution >= 0.6 is 0 Å². The first-order valence-corrected chi connectivity index (χ1v) is 8.40. The number of nitrogens with two attached hydrogens (primary N) is 1. The second-order valence-electron chi connectivity index (χ2n) is 5.45. The molecule has 0 aromatic heterocycles. The van der Waals surface area contributed by atoms with Crippen molar-refractivity contribution in [2.45, 2.75) is 45.1 Å². The molecule has 0 fully saturated rings. The number of benzene rings is 1. The summed E-state index contributed by atoms with van der Waals surface area (Å²) >= 11 is 0. The van der Waals surface area contributed by atoms with Crippen LogP contribution in [-0.2, 0) is 5.54 Å². The van der Waals surface area contributed by atoms with Gasteiger partial charge in [0.1, 0.15) is 0 Å². The molecule has 22 heavy (non-hydrogen) atoms. The van der Waals surface area contributed by atoms with Crippen LogP contribution in [0, 0.1) is 0 Å². The van der Waals surface area contributed by atoms with E-state index in [1.165, 1.54) is 11.1 Å². The maximum absolute atomic E-state index is 6.93. The summed E-state index contributed by atoms with van der Waals surface area (Å²) in [6, 6.07) is 10.4. The van der Waals surface area contributed by atoms with Gasteiger partial charge in [0, 0.05) is 0 Å². The van der Waals surface area contributed by atoms with E-state index < -0.39 is 5.54 Å². The van der Waals surface area contributed by atoms with E-state index in [1.807, 2.05) is 19.9 Å². The minimum atomic E-state index is -0.519. The maximum Gasteiger partial charge on any atom is 0.0916 e. The van der Waals surface area contributed by atoms with Crippen molar-refractivity contribution < 1.29 is 0 Å². The third-order valence-corrected chi connectivity index (χ3v) is 4.13. The molecule has 0 saturated heterocycles. The molecule has 0 unspecified atom stereocenters. The Hall–Kier alpha value is -1.86. The molecule has 3 rings (SSSR count). The standard InChI is InChI=1S/C19H21N.C2H6/c20-19(16-10-4-1-5-11-16,17-12-6-2-7-13-17)18-14-8-3-9-15-18;1-2/h1,4-6,8,10-15H,2-3,7,9,20H2;1-2H3. The summed E-state index contributed by atoms with van der Waals surface area (Å²) in [5.41, 5.74) is 10.0. The molecule has 0 heterocycles. The summed E-state index contributed by atoms with van der Waals surface area (Å²) < 4.78 is 0. The molecule has 1 aromatic rings. The van der Waals surface area contributed by atoms with Crippen molar-refractivity contribution in [3.05, 3.63) is 83.5 Å². The van der Waals surface area contributed by atoms with Crippen molar-refractivity contribution in [1.29, 1.82) is 0 Å². The summed E-state index contributed by atoms with van der Waals surface area (Å²) in [5.74, 6) is 0. The summed E-state index contributed by atoms with van der Waals surface area (Å²) in [6.45, 7) is 4.00. The van der Waals surface area contributed by atoms with Gasteiger partial charge in [-0.2, -0.15) is 0 Å². The molecule has 2 N–H and O–H groups in total. The highest BCUT2D eigenvalue weighted by Crippen LogP contribution is 2.38. The van der Waals surface area contributed by atoms with Crippen molar-refractivity contribution in [2.75, 3.05) is 0 Å². The molecule has 0 aliphatic heterocycles. The summed E-state index contributed by atoms with van der Waals surface area (Å²) in [4.78, 5) is 0. The molecule has 0 spiro atoms. The van der Waals surface area contributed by atoms with Crippen LogP contribution in [0.3, 0.4) is 0 Å². The molecule has 1 aromatic carbocycles. The smallest absolute Gasteiger partial charge is 0.0916 e. The molecule has 1 nitrogen and oxygen atoms in total. The molecule has 0 saturated carbocycles. The zero-order valence-corrected chi connectivity index (χ0v) is 13.8. The Labute approximate surface area is 134 Å². The van der Waals surface area contributed by atoms with Gasteiger partial charge in [-0.3, -0.25) is 0 Å². The second kappa shape index (κ2) is 7.95. The Balaban J connectivity index is 0.000000847. The molecule has 2 aliphatic rings. The normalized spacial score (nSPS) is 17.2. The average Bonchev–Trinajstić information content (AvgIpc) is 2.65. The minimum absolute atomic E-state index is 0.519. The molecule has 116 valence electrons. The van der Waals surface area contributed by atoms with Crippen LogP contribution in [0.25, 0.3) is 0 Å². The van der Waals surface area contributed by atoms with Crippen molar-refractivity contribution in [3.63, 3.8) is 0 Å². The molecule has 2 aliphatic carbocycles. The zero-order valence-electron chi connectivity index (χ0n) is 13.8. The first-order valence-electron chi connectivity index (χ1n) is 8.40. The van der Waals surface area contributed by atoms with Gasteiger partial charge in [-0.15, -0.1) is 0 Å². The van der Waals surface area contributed by atoms with Gasteiger partial charge in [0.05, 0.1) is 5.54 Å². The number of hydrogen-bond acceptors (Lipinski definition) is 1. The lowest BCUT2D eigenvalue weighted by molar-refractivity contribution is 0.634. The minimum Gasteiger partial charge on any atom is -0.314 e. The van der Waals surface area contributed by atoms with Crippen molar-refractivity contribution in [2.24, 2.45) is 5.73 Å². The molecule has 0 radical (unpaired) electrons. The Bertz CT molecular complexity index is 556. The van der Waals surface area contributed by atoms with Gasteiger partial charge < -0.3 is 5.73 Å². The topological polar surface area (TPSA) is 26.0 Å². The summed E-state index contributed by atoms with van der Waals surface area (Å²) in [7, 11) is 0. The highest BCUT2D eigenvalue weighted by atomic mass is 14.8. The summed E-state index contributed by atoms with van der Waals surface area (Å²) in [5, 5.41) is 0. The number of allylic oxidation sites excluding steroid dienone is 4. The van der Waals surface area contributed by atoms with Crippen LogP contribution < -0.4 is 5.73 Å².